The van der Waals surface area contributed by atoms with E-state index in [1.165, 1.54) is 10.6 Å². The summed E-state index contributed by atoms with van der Waals surface area (Å²) in [5, 5.41) is 0. The van der Waals surface area contributed by atoms with E-state index in [4.69, 9.17) is 0 Å². The molecule has 0 N–H and O–H groups in total. The van der Waals surface area contributed by atoms with Crippen LogP contribution in [0.1, 0.15) is 50.9 Å². The summed E-state index contributed by atoms with van der Waals surface area (Å²) in [6.07, 6.45) is 4.91. The van der Waals surface area contributed by atoms with Crippen molar-refractivity contribution in [2.24, 2.45) is 11.8 Å². The van der Waals surface area contributed by atoms with Crippen molar-refractivity contribution in [1.82, 2.24) is 14.3 Å². The lowest BCUT2D eigenvalue weighted by molar-refractivity contribution is 0.0738. The molecule has 0 unspecified atom stereocenters. The van der Waals surface area contributed by atoms with Gasteiger partial charge in [0.2, 0.25) is 0 Å². The number of nitrogens with zero attached hydrogens (tertiary/aromatic N) is 3. The fraction of sp³-hybridized carbons (Fsp3) is 0.526. The molecule has 0 aliphatic carbocycles. The lowest BCUT2D eigenvalue weighted by Gasteiger charge is -2.24. The third-order valence-electron chi connectivity index (χ3n) is 4.08. The van der Waals surface area contributed by atoms with Crippen LogP contribution >= 0.6 is 0 Å². The molecule has 2 aromatic rings. The SMILES string of the molecule is CC(C)CCN(CCC(C)C)C(=O)c1cnc2ccccn2c1=O. The maximum atomic E-state index is 12.9. The van der Waals surface area contributed by atoms with E-state index in [9.17, 15) is 9.59 Å². The average Bonchev–Trinajstić information content (AvgIpc) is 2.54. The highest BCUT2D eigenvalue weighted by Crippen LogP contribution is 2.10. The van der Waals surface area contributed by atoms with Gasteiger partial charge in [-0.05, 0) is 36.8 Å². The van der Waals surface area contributed by atoms with Gasteiger partial charge in [0.25, 0.3) is 11.5 Å². The second-order valence-corrected chi connectivity index (χ2v) is 7.06. The number of pyridine rings is 1. The highest BCUT2D eigenvalue weighted by Gasteiger charge is 2.20. The zero-order valence-electron chi connectivity index (χ0n) is 15.0. The van der Waals surface area contributed by atoms with Crippen LogP contribution in [0.15, 0.2) is 35.4 Å². The van der Waals surface area contributed by atoms with Gasteiger partial charge in [-0.3, -0.25) is 14.0 Å². The number of carbonyl (C=O) groups is 1. The monoisotopic (exact) mass is 329 g/mol. The predicted octanol–water partition coefficient (Wildman–Crippen LogP) is 3.23. The Morgan fingerprint density at radius 1 is 1.12 bits per heavy atom. The van der Waals surface area contributed by atoms with E-state index in [2.05, 4.69) is 32.7 Å². The number of fused-ring (bicyclic) bond motifs is 1. The number of aromatic nitrogens is 2. The lowest BCUT2D eigenvalue weighted by atomic mass is 10.1. The Morgan fingerprint density at radius 3 is 2.33 bits per heavy atom. The third-order valence-corrected chi connectivity index (χ3v) is 4.08. The maximum absolute atomic E-state index is 12.9. The van der Waals surface area contributed by atoms with Gasteiger partial charge in [0, 0.05) is 25.5 Å². The summed E-state index contributed by atoms with van der Waals surface area (Å²) >= 11 is 0. The molecule has 2 heterocycles. The van der Waals surface area contributed by atoms with Crippen molar-refractivity contribution >= 4 is 11.6 Å². The van der Waals surface area contributed by atoms with Gasteiger partial charge in [0.15, 0.2) is 0 Å². The lowest BCUT2D eigenvalue weighted by Crippen LogP contribution is -2.38. The van der Waals surface area contributed by atoms with Gasteiger partial charge in [-0.15, -0.1) is 0 Å². The number of rotatable bonds is 7. The standard InChI is InChI=1S/C19H27N3O2/c1-14(2)8-11-21(12-9-15(3)4)18(23)16-13-20-17-7-5-6-10-22(17)19(16)24/h5-7,10,13-15H,8-9,11-12H2,1-4H3. The average molecular weight is 329 g/mol. The highest BCUT2D eigenvalue weighted by molar-refractivity contribution is 5.93. The first-order valence-corrected chi connectivity index (χ1v) is 8.65. The summed E-state index contributed by atoms with van der Waals surface area (Å²) in [5.41, 5.74) is 0.394. The van der Waals surface area contributed by atoms with Gasteiger partial charge in [-0.25, -0.2) is 4.98 Å². The van der Waals surface area contributed by atoms with Crippen molar-refractivity contribution in [2.45, 2.75) is 40.5 Å². The topological polar surface area (TPSA) is 54.7 Å². The summed E-state index contributed by atoms with van der Waals surface area (Å²) in [6.45, 7) is 9.88. The molecule has 2 aromatic heterocycles. The van der Waals surface area contributed by atoms with E-state index >= 15 is 0 Å². The molecular formula is C19H27N3O2. The van der Waals surface area contributed by atoms with E-state index in [1.807, 2.05) is 6.07 Å². The molecule has 5 nitrogen and oxygen atoms in total. The van der Waals surface area contributed by atoms with Crippen LogP contribution in [-0.2, 0) is 0 Å². The molecule has 2 rings (SSSR count). The van der Waals surface area contributed by atoms with Crippen LogP contribution in [0.2, 0.25) is 0 Å². The minimum Gasteiger partial charge on any atom is -0.338 e. The number of carbonyl (C=O) groups excluding carboxylic acids is 1. The summed E-state index contributed by atoms with van der Waals surface area (Å²) in [5.74, 6) is 0.803. The van der Waals surface area contributed by atoms with Crippen LogP contribution in [0.3, 0.4) is 0 Å². The minimum atomic E-state index is -0.301. The van der Waals surface area contributed by atoms with Crippen LogP contribution in [0.4, 0.5) is 0 Å². The van der Waals surface area contributed by atoms with E-state index in [-0.39, 0.29) is 17.0 Å². The molecule has 130 valence electrons. The van der Waals surface area contributed by atoms with Crippen LogP contribution < -0.4 is 5.56 Å². The van der Waals surface area contributed by atoms with Crippen molar-refractivity contribution in [3.05, 3.63) is 46.5 Å². The first-order chi connectivity index (χ1) is 11.4. The molecule has 0 saturated carbocycles. The van der Waals surface area contributed by atoms with E-state index < -0.39 is 0 Å². The molecule has 24 heavy (non-hydrogen) atoms. The zero-order chi connectivity index (χ0) is 17.7. The molecule has 0 fully saturated rings. The fourth-order valence-electron chi connectivity index (χ4n) is 2.49. The Bertz CT molecular complexity index is 738. The number of hydrogen-bond donors (Lipinski definition) is 0. The second kappa shape index (κ2) is 8.08. The molecule has 0 aromatic carbocycles. The van der Waals surface area contributed by atoms with Crippen LogP contribution in [0.25, 0.3) is 5.65 Å². The summed E-state index contributed by atoms with van der Waals surface area (Å²) in [4.78, 5) is 31.6. The highest BCUT2D eigenvalue weighted by atomic mass is 16.2. The summed E-state index contributed by atoms with van der Waals surface area (Å²) in [7, 11) is 0. The largest absolute Gasteiger partial charge is 0.338 e. The van der Waals surface area contributed by atoms with Crippen molar-refractivity contribution in [2.75, 3.05) is 13.1 Å². The smallest absolute Gasteiger partial charge is 0.270 e. The van der Waals surface area contributed by atoms with Crippen molar-refractivity contribution in [3.8, 4) is 0 Å². The zero-order valence-corrected chi connectivity index (χ0v) is 15.0. The van der Waals surface area contributed by atoms with E-state index in [0.717, 1.165) is 12.8 Å². The van der Waals surface area contributed by atoms with Crippen molar-refractivity contribution < 1.29 is 4.79 Å². The molecule has 5 heteroatoms. The molecule has 1 amide bonds. The van der Waals surface area contributed by atoms with Gasteiger partial charge in [0.1, 0.15) is 11.2 Å². The summed E-state index contributed by atoms with van der Waals surface area (Å²) < 4.78 is 1.43. The molecule has 0 spiro atoms. The van der Waals surface area contributed by atoms with E-state index in [0.29, 0.717) is 30.6 Å². The van der Waals surface area contributed by atoms with Gasteiger partial charge >= 0.3 is 0 Å². The molecule has 0 aliphatic heterocycles. The number of amides is 1. The van der Waals surface area contributed by atoms with Gasteiger partial charge < -0.3 is 4.90 Å². The Kier molecular flexibility index (Phi) is 6.12. The molecule has 0 saturated heterocycles. The third kappa shape index (κ3) is 4.43. The van der Waals surface area contributed by atoms with Gasteiger partial charge in [-0.2, -0.15) is 0 Å². The Morgan fingerprint density at radius 2 is 1.75 bits per heavy atom. The summed E-state index contributed by atoms with van der Waals surface area (Å²) in [6, 6.07) is 5.34. The Hall–Kier alpha value is -2.17. The Balaban J connectivity index is 2.30. The van der Waals surface area contributed by atoms with Crippen LogP contribution in [-0.4, -0.2) is 33.3 Å². The van der Waals surface area contributed by atoms with Crippen molar-refractivity contribution in [3.63, 3.8) is 0 Å². The molecule has 0 radical (unpaired) electrons. The molecule has 0 atom stereocenters. The van der Waals surface area contributed by atoms with Crippen molar-refractivity contribution in [1.29, 1.82) is 0 Å². The van der Waals surface area contributed by atoms with E-state index in [1.54, 1.807) is 23.2 Å². The first-order valence-electron chi connectivity index (χ1n) is 8.65. The maximum Gasteiger partial charge on any atom is 0.270 e. The first kappa shape index (κ1) is 18.2. The predicted molar refractivity (Wildman–Crippen MR) is 96.3 cm³/mol. The second-order valence-electron chi connectivity index (χ2n) is 7.06. The fourth-order valence-corrected chi connectivity index (χ4v) is 2.49. The van der Waals surface area contributed by atoms with Crippen LogP contribution in [0, 0.1) is 11.8 Å². The molecular weight excluding hydrogens is 302 g/mol. The molecule has 0 aliphatic rings. The minimum absolute atomic E-state index is 0.145. The number of hydrogen-bond acceptors (Lipinski definition) is 3. The Labute approximate surface area is 143 Å². The van der Waals surface area contributed by atoms with Crippen LogP contribution in [0.5, 0.6) is 0 Å². The van der Waals surface area contributed by atoms with Gasteiger partial charge in [-0.1, -0.05) is 33.8 Å². The quantitative estimate of drug-likeness (QED) is 0.783. The normalized spacial score (nSPS) is 11.4. The molecule has 0 bridgehead atoms. The van der Waals surface area contributed by atoms with Gasteiger partial charge in [0.05, 0.1) is 0 Å².